The average molecular weight is 545 g/mol. The van der Waals surface area contributed by atoms with Crippen LogP contribution in [-0.2, 0) is 14.4 Å². The third kappa shape index (κ3) is 7.74. The molecule has 8 heteroatoms. The Labute approximate surface area is 235 Å². The van der Waals surface area contributed by atoms with E-state index in [0.29, 0.717) is 29.4 Å². The summed E-state index contributed by atoms with van der Waals surface area (Å²) in [6, 6.07) is 17.6. The Morgan fingerprint density at radius 3 is 2.23 bits per heavy atom. The van der Waals surface area contributed by atoms with Crippen LogP contribution in [0.25, 0.3) is 0 Å². The van der Waals surface area contributed by atoms with Gasteiger partial charge in [-0.1, -0.05) is 57.0 Å². The van der Waals surface area contributed by atoms with Gasteiger partial charge in [-0.3, -0.25) is 19.3 Å². The lowest BCUT2D eigenvalue weighted by atomic mass is 9.99. The monoisotopic (exact) mass is 544 g/mol. The molecule has 1 fully saturated rings. The summed E-state index contributed by atoms with van der Waals surface area (Å²) in [5, 5.41) is 5.86. The van der Waals surface area contributed by atoms with Crippen LogP contribution in [0.2, 0.25) is 0 Å². The topological polar surface area (TPSA) is 91.4 Å². The van der Waals surface area contributed by atoms with E-state index in [1.165, 1.54) is 17.0 Å². The van der Waals surface area contributed by atoms with Gasteiger partial charge < -0.3 is 10.6 Å². The number of halogens is 1. The van der Waals surface area contributed by atoms with Gasteiger partial charge in [-0.2, -0.15) is 0 Å². The first kappa shape index (κ1) is 28.9. The molecule has 0 aliphatic heterocycles. The molecule has 1 aliphatic rings. The maximum atomic E-state index is 13.9. The van der Waals surface area contributed by atoms with E-state index in [1.807, 2.05) is 24.3 Å². The van der Waals surface area contributed by atoms with Crippen LogP contribution in [0.15, 0.2) is 72.9 Å². The molecule has 1 aliphatic carbocycles. The van der Waals surface area contributed by atoms with Crippen molar-refractivity contribution in [1.29, 1.82) is 0 Å². The Kier molecular flexibility index (Phi) is 10.00. The van der Waals surface area contributed by atoms with Gasteiger partial charge in [-0.25, -0.2) is 9.37 Å². The lowest BCUT2D eigenvalue weighted by Crippen LogP contribution is -2.46. The zero-order chi connectivity index (χ0) is 28.5. The molecule has 1 saturated carbocycles. The van der Waals surface area contributed by atoms with E-state index in [2.05, 4.69) is 29.5 Å². The van der Waals surface area contributed by atoms with Crippen LogP contribution < -0.4 is 15.5 Å². The van der Waals surface area contributed by atoms with Crippen LogP contribution in [0.1, 0.15) is 81.9 Å². The number of carbonyl (C=O) groups excluding carboxylic acids is 3. The van der Waals surface area contributed by atoms with Crippen LogP contribution in [0.5, 0.6) is 0 Å². The molecule has 7 nitrogen and oxygen atoms in total. The second-order valence-electron chi connectivity index (χ2n) is 10.6. The van der Waals surface area contributed by atoms with E-state index >= 15 is 0 Å². The van der Waals surface area contributed by atoms with Crippen LogP contribution in [0.3, 0.4) is 0 Å². The Morgan fingerprint density at radius 1 is 0.925 bits per heavy atom. The van der Waals surface area contributed by atoms with Gasteiger partial charge in [-0.05, 0) is 72.7 Å². The predicted molar refractivity (Wildman–Crippen MR) is 154 cm³/mol. The summed E-state index contributed by atoms with van der Waals surface area (Å²) in [6.07, 6.45) is 5.94. The van der Waals surface area contributed by atoms with Crippen molar-refractivity contribution in [3.8, 4) is 0 Å². The van der Waals surface area contributed by atoms with Crippen LogP contribution in [0, 0.1) is 5.82 Å². The number of anilines is 2. The molecular formula is C32H37FN4O3. The summed E-state index contributed by atoms with van der Waals surface area (Å²) in [7, 11) is 0. The highest BCUT2D eigenvalue weighted by Crippen LogP contribution is 2.31. The molecule has 3 amide bonds. The minimum atomic E-state index is -0.985. The van der Waals surface area contributed by atoms with Crippen LogP contribution in [-0.4, -0.2) is 28.7 Å². The second kappa shape index (κ2) is 13.8. The van der Waals surface area contributed by atoms with E-state index in [4.69, 9.17) is 0 Å². The largest absolute Gasteiger partial charge is 0.351 e. The first-order chi connectivity index (χ1) is 19.3. The number of carbonyl (C=O) groups is 3. The zero-order valence-corrected chi connectivity index (χ0v) is 23.1. The Morgan fingerprint density at radius 2 is 1.60 bits per heavy atom. The van der Waals surface area contributed by atoms with Crippen molar-refractivity contribution in [3.05, 3.63) is 89.9 Å². The van der Waals surface area contributed by atoms with E-state index in [-0.39, 0.29) is 36.6 Å². The highest BCUT2D eigenvalue weighted by Gasteiger charge is 2.34. The number of amides is 3. The van der Waals surface area contributed by atoms with Crippen molar-refractivity contribution in [2.24, 2.45) is 0 Å². The average Bonchev–Trinajstić information content (AvgIpc) is 3.46. The summed E-state index contributed by atoms with van der Waals surface area (Å²) in [4.78, 5) is 45.7. The molecule has 0 bridgehead atoms. The predicted octanol–water partition coefficient (Wildman–Crippen LogP) is 6.29. The summed E-state index contributed by atoms with van der Waals surface area (Å²) in [5.41, 5.74) is 2.20. The van der Waals surface area contributed by atoms with Gasteiger partial charge >= 0.3 is 0 Å². The maximum absolute atomic E-state index is 13.9. The lowest BCUT2D eigenvalue weighted by Gasteiger charge is -2.32. The van der Waals surface area contributed by atoms with Crippen molar-refractivity contribution < 1.29 is 18.8 Å². The van der Waals surface area contributed by atoms with E-state index < -0.39 is 11.9 Å². The molecule has 4 rings (SSSR count). The van der Waals surface area contributed by atoms with Gasteiger partial charge in [0.15, 0.2) is 0 Å². The third-order valence-corrected chi connectivity index (χ3v) is 7.23. The minimum absolute atomic E-state index is 0.0472. The summed E-state index contributed by atoms with van der Waals surface area (Å²) in [6.45, 7) is 4.18. The molecule has 3 aromatic rings. The van der Waals surface area contributed by atoms with E-state index in [0.717, 1.165) is 31.2 Å². The van der Waals surface area contributed by atoms with Gasteiger partial charge in [0.25, 0.3) is 0 Å². The lowest BCUT2D eigenvalue weighted by molar-refractivity contribution is -0.127. The number of hydrogen-bond donors (Lipinski definition) is 2. The number of aromatic nitrogens is 1. The fraction of sp³-hybridized carbons (Fsp3) is 0.375. The fourth-order valence-corrected chi connectivity index (χ4v) is 5.03. The quantitative estimate of drug-likeness (QED) is 0.297. The van der Waals surface area contributed by atoms with Crippen molar-refractivity contribution in [2.75, 3.05) is 10.2 Å². The molecule has 0 spiro atoms. The molecule has 0 saturated heterocycles. The molecular weight excluding hydrogens is 507 g/mol. The van der Waals surface area contributed by atoms with Crippen LogP contribution >= 0.6 is 0 Å². The van der Waals surface area contributed by atoms with Gasteiger partial charge in [0.2, 0.25) is 17.7 Å². The molecule has 1 aromatic heterocycles. The highest BCUT2D eigenvalue weighted by molar-refractivity contribution is 6.01. The number of pyridine rings is 1. The molecule has 0 radical (unpaired) electrons. The molecule has 40 heavy (non-hydrogen) atoms. The third-order valence-electron chi connectivity index (χ3n) is 7.23. The SMILES string of the molecule is CC(C)c1ccc(N(C(=O)CCCC(=O)Nc2ccccn2)[C@H](C(=O)NC2CCCC2)c2ccc(F)cc2)cc1. The zero-order valence-electron chi connectivity index (χ0n) is 23.1. The minimum Gasteiger partial charge on any atom is -0.351 e. The Bertz CT molecular complexity index is 1270. The highest BCUT2D eigenvalue weighted by atomic mass is 19.1. The standard InChI is InChI=1S/C32H37FN4O3/c1-22(2)23-15-19-27(20-16-23)37(30(39)12-7-11-29(38)36-28-10-5-6-21-34-28)31(24-13-17-25(33)18-14-24)32(40)35-26-8-3-4-9-26/h5-6,10,13-22,26,31H,3-4,7-9,11-12H2,1-2H3,(H,35,40)(H,34,36,38)/t31-/m0/s1. The van der Waals surface area contributed by atoms with Gasteiger partial charge in [0.1, 0.15) is 17.7 Å². The maximum Gasteiger partial charge on any atom is 0.248 e. The van der Waals surface area contributed by atoms with Crippen molar-refractivity contribution in [2.45, 2.75) is 76.8 Å². The number of rotatable bonds is 11. The second-order valence-corrected chi connectivity index (χ2v) is 10.6. The smallest absolute Gasteiger partial charge is 0.248 e. The normalized spacial score (nSPS) is 14.1. The molecule has 210 valence electrons. The number of nitrogens with one attached hydrogen (secondary N) is 2. The first-order valence-corrected chi connectivity index (χ1v) is 14.0. The van der Waals surface area contributed by atoms with Crippen molar-refractivity contribution >= 4 is 29.2 Å². The van der Waals surface area contributed by atoms with Crippen LogP contribution in [0.4, 0.5) is 15.9 Å². The summed E-state index contributed by atoms with van der Waals surface area (Å²) < 4.78 is 13.9. The Hall–Kier alpha value is -4.07. The van der Waals surface area contributed by atoms with E-state index in [1.54, 1.807) is 36.5 Å². The van der Waals surface area contributed by atoms with Crippen molar-refractivity contribution in [3.63, 3.8) is 0 Å². The first-order valence-electron chi connectivity index (χ1n) is 14.0. The molecule has 2 N–H and O–H groups in total. The molecule has 0 unspecified atom stereocenters. The number of hydrogen-bond acceptors (Lipinski definition) is 4. The van der Waals surface area contributed by atoms with Crippen molar-refractivity contribution in [1.82, 2.24) is 10.3 Å². The summed E-state index contributed by atoms with van der Waals surface area (Å²) >= 11 is 0. The van der Waals surface area contributed by atoms with E-state index in [9.17, 15) is 18.8 Å². The van der Waals surface area contributed by atoms with Gasteiger partial charge in [0.05, 0.1) is 0 Å². The molecule has 2 aromatic carbocycles. The Balaban J connectivity index is 1.59. The summed E-state index contributed by atoms with van der Waals surface area (Å²) in [5.74, 6) is -0.503. The molecule has 1 atom stereocenters. The van der Waals surface area contributed by atoms with Gasteiger partial charge in [0, 0.05) is 30.8 Å². The number of benzene rings is 2. The van der Waals surface area contributed by atoms with Gasteiger partial charge in [-0.15, -0.1) is 0 Å². The fourth-order valence-electron chi connectivity index (χ4n) is 5.03. The number of nitrogens with zero attached hydrogens (tertiary/aromatic N) is 2. The molecule has 1 heterocycles.